The molecule has 0 aliphatic carbocycles. The number of aromatic amines is 1. The molecule has 2 saturated heterocycles. The molecule has 2 aliphatic heterocycles. The summed E-state index contributed by atoms with van der Waals surface area (Å²) in [5.74, 6) is 0.180. The number of fused-ring (bicyclic) bond motifs is 3. The lowest BCUT2D eigenvalue weighted by molar-refractivity contribution is 0.0488. The van der Waals surface area contributed by atoms with E-state index in [-0.39, 0.29) is 5.91 Å². The molecule has 1 aromatic heterocycles. The molecule has 2 aliphatic rings. The molecule has 29 heavy (non-hydrogen) atoms. The van der Waals surface area contributed by atoms with Crippen molar-refractivity contribution in [3.05, 3.63) is 71.9 Å². The number of nitrogens with zero attached hydrogens (tertiary/aromatic N) is 2. The van der Waals surface area contributed by atoms with Crippen molar-refractivity contribution < 1.29 is 4.79 Å². The van der Waals surface area contributed by atoms with Crippen LogP contribution in [0.3, 0.4) is 0 Å². The highest BCUT2D eigenvalue weighted by Crippen LogP contribution is 2.37. The highest BCUT2D eigenvalue weighted by Gasteiger charge is 2.41. The normalized spacial score (nSPS) is 24.1. The molecule has 2 aromatic carbocycles. The van der Waals surface area contributed by atoms with Crippen LogP contribution in [0.1, 0.15) is 41.6 Å². The highest BCUT2D eigenvalue weighted by atomic mass is 16.2. The van der Waals surface area contributed by atoms with Crippen molar-refractivity contribution in [2.45, 2.75) is 50.2 Å². The van der Waals surface area contributed by atoms with Gasteiger partial charge in [0.2, 0.25) is 0 Å². The van der Waals surface area contributed by atoms with Gasteiger partial charge in [0, 0.05) is 47.3 Å². The standard InChI is InChI=1S/C25H29N3O/c1-27-20-11-12-21(27)16-22(15-20)28(25(29)18-7-3-2-4-8-18)14-13-19-17-26-24-10-6-5-9-23(19)24/h2-10,17,20-22,26H,11-16H2,1H3/t20-,21-/m0/s1. The lowest BCUT2D eigenvalue weighted by atomic mass is 9.95. The average molecular weight is 388 g/mol. The van der Waals surface area contributed by atoms with E-state index in [0.29, 0.717) is 18.1 Å². The number of rotatable bonds is 5. The fraction of sp³-hybridized carbons (Fsp3) is 0.400. The summed E-state index contributed by atoms with van der Waals surface area (Å²) >= 11 is 0. The number of aromatic nitrogens is 1. The largest absolute Gasteiger partial charge is 0.361 e. The maximum atomic E-state index is 13.5. The van der Waals surface area contributed by atoms with E-state index in [0.717, 1.165) is 31.4 Å². The van der Waals surface area contributed by atoms with E-state index in [1.54, 1.807) is 0 Å². The quantitative estimate of drug-likeness (QED) is 0.701. The number of nitrogens with one attached hydrogen (secondary N) is 1. The zero-order valence-corrected chi connectivity index (χ0v) is 17.1. The third kappa shape index (κ3) is 3.46. The molecule has 0 spiro atoms. The van der Waals surface area contributed by atoms with Gasteiger partial charge in [-0.3, -0.25) is 4.79 Å². The molecule has 2 atom stereocenters. The number of para-hydroxylation sites is 1. The van der Waals surface area contributed by atoms with Crippen LogP contribution in [-0.2, 0) is 6.42 Å². The Bertz CT molecular complexity index is 981. The molecule has 2 bridgehead atoms. The summed E-state index contributed by atoms with van der Waals surface area (Å²) in [6, 6.07) is 19.8. The Labute approximate surface area is 172 Å². The van der Waals surface area contributed by atoms with Gasteiger partial charge >= 0.3 is 0 Å². The number of amides is 1. The first-order valence-electron chi connectivity index (χ1n) is 10.8. The van der Waals surface area contributed by atoms with E-state index >= 15 is 0 Å². The molecule has 4 nitrogen and oxygen atoms in total. The fourth-order valence-electron chi connectivity index (χ4n) is 5.41. The molecule has 3 heterocycles. The summed E-state index contributed by atoms with van der Waals surface area (Å²) in [7, 11) is 2.26. The smallest absolute Gasteiger partial charge is 0.254 e. The minimum Gasteiger partial charge on any atom is -0.361 e. The second-order valence-electron chi connectivity index (χ2n) is 8.65. The number of hydrogen-bond donors (Lipinski definition) is 1. The Morgan fingerprint density at radius 2 is 1.72 bits per heavy atom. The Balaban J connectivity index is 1.40. The molecule has 2 fully saturated rings. The van der Waals surface area contributed by atoms with Crippen LogP contribution in [0.2, 0.25) is 0 Å². The van der Waals surface area contributed by atoms with Crippen LogP contribution in [0.25, 0.3) is 10.9 Å². The number of benzene rings is 2. The molecule has 0 radical (unpaired) electrons. The zero-order valence-electron chi connectivity index (χ0n) is 17.1. The average Bonchev–Trinajstić information content (AvgIpc) is 3.24. The van der Waals surface area contributed by atoms with Crippen molar-refractivity contribution in [3.63, 3.8) is 0 Å². The van der Waals surface area contributed by atoms with Gasteiger partial charge in [-0.05, 0) is 62.9 Å². The SMILES string of the molecule is CN1[C@H]2CC[C@H]1CC(N(CCc1c[nH]c3ccccc13)C(=O)c1ccccc1)C2. The van der Waals surface area contributed by atoms with Crippen LogP contribution >= 0.6 is 0 Å². The summed E-state index contributed by atoms with van der Waals surface area (Å²) in [6.45, 7) is 0.767. The molecule has 4 heteroatoms. The molecule has 0 saturated carbocycles. The van der Waals surface area contributed by atoms with E-state index in [1.165, 1.54) is 29.3 Å². The third-order valence-corrected chi connectivity index (χ3v) is 7.09. The molecule has 3 aromatic rings. The lowest BCUT2D eigenvalue weighted by Gasteiger charge is -2.42. The minimum atomic E-state index is 0.180. The van der Waals surface area contributed by atoms with Gasteiger partial charge in [0.05, 0.1) is 0 Å². The first-order valence-corrected chi connectivity index (χ1v) is 10.8. The van der Waals surface area contributed by atoms with Crippen molar-refractivity contribution in [2.75, 3.05) is 13.6 Å². The first kappa shape index (κ1) is 18.4. The summed E-state index contributed by atoms with van der Waals surface area (Å²) in [4.78, 5) is 21.6. The van der Waals surface area contributed by atoms with Crippen LogP contribution in [0.15, 0.2) is 60.8 Å². The van der Waals surface area contributed by atoms with Gasteiger partial charge in [-0.2, -0.15) is 0 Å². The molecule has 1 N–H and O–H groups in total. The summed E-state index contributed by atoms with van der Waals surface area (Å²) in [5.41, 5.74) is 3.26. The van der Waals surface area contributed by atoms with E-state index in [2.05, 4.69) is 52.3 Å². The molecule has 1 amide bonds. The summed E-state index contributed by atoms with van der Waals surface area (Å²) in [5, 5.41) is 1.27. The topological polar surface area (TPSA) is 39.3 Å². The number of carbonyl (C=O) groups is 1. The van der Waals surface area contributed by atoms with Crippen LogP contribution in [0.4, 0.5) is 0 Å². The molecule has 0 unspecified atom stereocenters. The van der Waals surface area contributed by atoms with Crippen molar-refractivity contribution in [1.29, 1.82) is 0 Å². The second-order valence-corrected chi connectivity index (χ2v) is 8.65. The number of H-pyrrole nitrogens is 1. The highest BCUT2D eigenvalue weighted by molar-refractivity contribution is 5.94. The van der Waals surface area contributed by atoms with Gasteiger partial charge in [-0.1, -0.05) is 36.4 Å². The summed E-state index contributed by atoms with van der Waals surface area (Å²) < 4.78 is 0. The molecule has 150 valence electrons. The number of carbonyl (C=O) groups excluding carboxylic acids is 1. The summed E-state index contributed by atoms with van der Waals surface area (Å²) in [6.07, 6.45) is 7.72. The Kier molecular flexibility index (Phi) is 4.88. The number of hydrogen-bond acceptors (Lipinski definition) is 2. The van der Waals surface area contributed by atoms with E-state index in [4.69, 9.17) is 0 Å². The van der Waals surface area contributed by atoms with Gasteiger partial charge < -0.3 is 14.8 Å². The molecule has 5 rings (SSSR count). The minimum absolute atomic E-state index is 0.180. The van der Waals surface area contributed by atoms with Crippen LogP contribution < -0.4 is 0 Å². The predicted octanol–water partition coefficient (Wildman–Crippen LogP) is 4.48. The molecular weight excluding hydrogens is 358 g/mol. The second kappa shape index (κ2) is 7.68. The van der Waals surface area contributed by atoms with Gasteiger partial charge in [0.15, 0.2) is 0 Å². The monoisotopic (exact) mass is 387 g/mol. The maximum Gasteiger partial charge on any atom is 0.254 e. The van der Waals surface area contributed by atoms with Crippen molar-refractivity contribution >= 4 is 16.8 Å². The van der Waals surface area contributed by atoms with E-state index < -0.39 is 0 Å². The Morgan fingerprint density at radius 1 is 1.03 bits per heavy atom. The molecular formula is C25H29N3O. The fourth-order valence-corrected chi connectivity index (χ4v) is 5.41. The Hall–Kier alpha value is -2.59. The lowest BCUT2D eigenvalue weighted by Crippen LogP contribution is -2.51. The van der Waals surface area contributed by atoms with Gasteiger partial charge in [0.1, 0.15) is 0 Å². The predicted molar refractivity (Wildman–Crippen MR) is 117 cm³/mol. The van der Waals surface area contributed by atoms with Gasteiger partial charge in [-0.15, -0.1) is 0 Å². The van der Waals surface area contributed by atoms with E-state index in [9.17, 15) is 4.79 Å². The third-order valence-electron chi connectivity index (χ3n) is 7.09. The van der Waals surface area contributed by atoms with Crippen molar-refractivity contribution in [3.8, 4) is 0 Å². The van der Waals surface area contributed by atoms with Crippen molar-refractivity contribution in [2.24, 2.45) is 0 Å². The van der Waals surface area contributed by atoms with Crippen molar-refractivity contribution in [1.82, 2.24) is 14.8 Å². The number of piperidine rings is 1. The van der Waals surface area contributed by atoms with Gasteiger partial charge in [0.25, 0.3) is 5.91 Å². The Morgan fingerprint density at radius 3 is 2.48 bits per heavy atom. The zero-order chi connectivity index (χ0) is 19.8. The van der Waals surface area contributed by atoms with Crippen LogP contribution in [0, 0.1) is 0 Å². The van der Waals surface area contributed by atoms with Gasteiger partial charge in [-0.25, -0.2) is 0 Å². The van der Waals surface area contributed by atoms with Crippen LogP contribution in [-0.4, -0.2) is 52.4 Å². The van der Waals surface area contributed by atoms with E-state index in [1.807, 2.05) is 30.3 Å². The maximum absolute atomic E-state index is 13.5. The van der Waals surface area contributed by atoms with Crippen LogP contribution in [0.5, 0.6) is 0 Å². The first-order chi connectivity index (χ1) is 14.2.